The molecule has 82 valence electrons. The van der Waals surface area contributed by atoms with E-state index in [1.54, 1.807) is 0 Å². The number of hydrogen-bond donors (Lipinski definition) is 0. The van der Waals surface area contributed by atoms with Crippen LogP contribution in [0.15, 0.2) is 42.5 Å². The zero-order valence-electron chi connectivity index (χ0n) is 9.52. The SMILES string of the molecule is CCC(CC=O)c1cccc2ccccc12. The van der Waals surface area contributed by atoms with E-state index in [2.05, 4.69) is 43.3 Å². The van der Waals surface area contributed by atoms with Crippen molar-refractivity contribution in [2.45, 2.75) is 25.7 Å². The molecule has 0 aromatic heterocycles. The van der Waals surface area contributed by atoms with Crippen LogP contribution in [0.2, 0.25) is 0 Å². The van der Waals surface area contributed by atoms with Gasteiger partial charge in [0.05, 0.1) is 0 Å². The van der Waals surface area contributed by atoms with Crippen LogP contribution >= 0.6 is 0 Å². The van der Waals surface area contributed by atoms with Crippen LogP contribution in [0.5, 0.6) is 0 Å². The van der Waals surface area contributed by atoms with E-state index in [0.29, 0.717) is 12.3 Å². The highest BCUT2D eigenvalue weighted by atomic mass is 16.1. The van der Waals surface area contributed by atoms with E-state index in [-0.39, 0.29) is 0 Å². The Morgan fingerprint density at radius 3 is 2.62 bits per heavy atom. The third kappa shape index (κ3) is 1.99. The van der Waals surface area contributed by atoms with Crippen molar-refractivity contribution in [2.75, 3.05) is 0 Å². The second-order valence-corrected chi connectivity index (χ2v) is 4.08. The molecule has 1 nitrogen and oxygen atoms in total. The fraction of sp³-hybridized carbons (Fsp3) is 0.267. The fourth-order valence-electron chi connectivity index (χ4n) is 2.24. The minimum Gasteiger partial charge on any atom is -0.303 e. The van der Waals surface area contributed by atoms with E-state index in [4.69, 9.17) is 0 Å². The van der Waals surface area contributed by atoms with Crippen molar-refractivity contribution in [1.82, 2.24) is 0 Å². The van der Waals surface area contributed by atoms with Crippen molar-refractivity contribution < 1.29 is 4.79 Å². The highest BCUT2D eigenvalue weighted by molar-refractivity contribution is 5.86. The Labute approximate surface area is 96.1 Å². The standard InChI is InChI=1S/C15H16O/c1-2-12(10-11-16)14-9-5-7-13-6-3-4-8-15(13)14/h3-9,11-12H,2,10H2,1H3. The largest absolute Gasteiger partial charge is 0.303 e. The number of carbonyl (C=O) groups is 1. The summed E-state index contributed by atoms with van der Waals surface area (Å²) < 4.78 is 0. The Morgan fingerprint density at radius 1 is 1.12 bits per heavy atom. The molecule has 16 heavy (non-hydrogen) atoms. The summed E-state index contributed by atoms with van der Waals surface area (Å²) in [6, 6.07) is 14.7. The fourth-order valence-corrected chi connectivity index (χ4v) is 2.24. The van der Waals surface area contributed by atoms with E-state index < -0.39 is 0 Å². The molecule has 1 heteroatoms. The van der Waals surface area contributed by atoms with Gasteiger partial charge in [-0.2, -0.15) is 0 Å². The summed E-state index contributed by atoms with van der Waals surface area (Å²) in [6.07, 6.45) is 2.65. The Bertz CT molecular complexity index is 482. The molecular formula is C15H16O. The molecule has 0 bridgehead atoms. The second kappa shape index (κ2) is 4.93. The molecule has 1 atom stereocenters. The molecule has 2 rings (SSSR count). The molecule has 0 heterocycles. The lowest BCUT2D eigenvalue weighted by Crippen LogP contribution is -1.98. The lowest BCUT2D eigenvalue weighted by atomic mass is 9.90. The van der Waals surface area contributed by atoms with Gasteiger partial charge in [-0.3, -0.25) is 0 Å². The molecule has 0 saturated carbocycles. The van der Waals surface area contributed by atoms with E-state index >= 15 is 0 Å². The molecule has 0 N–H and O–H groups in total. The van der Waals surface area contributed by atoms with Gasteiger partial charge >= 0.3 is 0 Å². The third-order valence-electron chi connectivity index (χ3n) is 3.14. The Morgan fingerprint density at radius 2 is 1.88 bits per heavy atom. The van der Waals surface area contributed by atoms with Crippen LogP contribution in [0.1, 0.15) is 31.2 Å². The number of fused-ring (bicyclic) bond motifs is 1. The summed E-state index contributed by atoms with van der Waals surface area (Å²) in [5.41, 5.74) is 1.30. The predicted octanol–water partition coefficient (Wildman–Crippen LogP) is 3.92. The molecule has 1 unspecified atom stereocenters. The van der Waals surface area contributed by atoms with Gasteiger partial charge in [0.25, 0.3) is 0 Å². The van der Waals surface area contributed by atoms with Gasteiger partial charge in [0.2, 0.25) is 0 Å². The van der Waals surface area contributed by atoms with Crippen LogP contribution in [-0.4, -0.2) is 6.29 Å². The molecular weight excluding hydrogens is 196 g/mol. The molecule has 0 aliphatic heterocycles. The van der Waals surface area contributed by atoms with Gasteiger partial charge in [-0.05, 0) is 28.7 Å². The summed E-state index contributed by atoms with van der Waals surface area (Å²) in [4.78, 5) is 10.7. The topological polar surface area (TPSA) is 17.1 Å². The first-order valence-corrected chi connectivity index (χ1v) is 5.78. The van der Waals surface area contributed by atoms with Gasteiger partial charge in [-0.1, -0.05) is 49.4 Å². The number of hydrogen-bond acceptors (Lipinski definition) is 1. The van der Waals surface area contributed by atoms with Crippen LogP contribution in [0, 0.1) is 0 Å². The molecule has 0 aliphatic rings. The van der Waals surface area contributed by atoms with Gasteiger partial charge in [0.1, 0.15) is 6.29 Å². The number of rotatable bonds is 4. The molecule has 0 saturated heterocycles. The average molecular weight is 212 g/mol. The molecule has 0 aliphatic carbocycles. The van der Waals surface area contributed by atoms with E-state index in [1.807, 2.05) is 6.07 Å². The normalized spacial score (nSPS) is 12.6. The van der Waals surface area contributed by atoms with E-state index in [9.17, 15) is 4.79 Å². The first-order chi connectivity index (χ1) is 7.86. The average Bonchev–Trinajstić information content (AvgIpc) is 2.35. The third-order valence-corrected chi connectivity index (χ3v) is 3.14. The van der Waals surface area contributed by atoms with Crippen LogP contribution in [0.4, 0.5) is 0 Å². The quantitative estimate of drug-likeness (QED) is 0.702. The summed E-state index contributed by atoms with van der Waals surface area (Å²) >= 11 is 0. The molecule has 0 spiro atoms. The van der Waals surface area contributed by atoms with E-state index in [1.165, 1.54) is 16.3 Å². The van der Waals surface area contributed by atoms with Crippen molar-refractivity contribution in [1.29, 1.82) is 0 Å². The molecule has 0 amide bonds. The van der Waals surface area contributed by atoms with Gasteiger partial charge in [0.15, 0.2) is 0 Å². The number of carbonyl (C=O) groups excluding carboxylic acids is 1. The predicted molar refractivity (Wildman–Crippen MR) is 67.7 cm³/mol. The summed E-state index contributed by atoms with van der Waals surface area (Å²) in [7, 11) is 0. The monoisotopic (exact) mass is 212 g/mol. The summed E-state index contributed by atoms with van der Waals surface area (Å²) in [5, 5.41) is 2.53. The van der Waals surface area contributed by atoms with Crippen LogP contribution in [0.3, 0.4) is 0 Å². The van der Waals surface area contributed by atoms with Gasteiger partial charge < -0.3 is 4.79 Å². The van der Waals surface area contributed by atoms with Crippen molar-refractivity contribution >= 4 is 17.1 Å². The van der Waals surface area contributed by atoms with Crippen LogP contribution in [-0.2, 0) is 4.79 Å². The van der Waals surface area contributed by atoms with Crippen molar-refractivity contribution in [2.24, 2.45) is 0 Å². The van der Waals surface area contributed by atoms with Crippen LogP contribution in [0.25, 0.3) is 10.8 Å². The van der Waals surface area contributed by atoms with E-state index in [0.717, 1.165) is 12.7 Å². The van der Waals surface area contributed by atoms with Crippen molar-refractivity contribution in [3.63, 3.8) is 0 Å². The van der Waals surface area contributed by atoms with Crippen molar-refractivity contribution in [3.05, 3.63) is 48.0 Å². The Kier molecular flexibility index (Phi) is 3.35. The minimum absolute atomic E-state index is 0.351. The lowest BCUT2D eigenvalue weighted by Gasteiger charge is -2.14. The minimum atomic E-state index is 0.351. The zero-order chi connectivity index (χ0) is 11.4. The zero-order valence-corrected chi connectivity index (χ0v) is 9.52. The lowest BCUT2D eigenvalue weighted by molar-refractivity contribution is -0.108. The molecule has 0 fully saturated rings. The highest BCUT2D eigenvalue weighted by Crippen LogP contribution is 2.29. The second-order valence-electron chi connectivity index (χ2n) is 4.08. The first-order valence-electron chi connectivity index (χ1n) is 5.78. The summed E-state index contributed by atoms with van der Waals surface area (Å²) in [5.74, 6) is 0.351. The smallest absolute Gasteiger partial charge is 0.120 e. The highest BCUT2D eigenvalue weighted by Gasteiger charge is 2.11. The first kappa shape index (κ1) is 10.9. The molecule has 0 radical (unpaired) electrons. The molecule has 2 aromatic carbocycles. The Balaban J connectivity index is 2.54. The van der Waals surface area contributed by atoms with Gasteiger partial charge in [-0.15, -0.1) is 0 Å². The Hall–Kier alpha value is -1.63. The van der Waals surface area contributed by atoms with Gasteiger partial charge in [-0.25, -0.2) is 0 Å². The maximum absolute atomic E-state index is 10.7. The maximum Gasteiger partial charge on any atom is 0.120 e. The van der Waals surface area contributed by atoms with Gasteiger partial charge in [0, 0.05) is 6.42 Å². The van der Waals surface area contributed by atoms with Crippen LogP contribution < -0.4 is 0 Å². The summed E-state index contributed by atoms with van der Waals surface area (Å²) in [6.45, 7) is 2.13. The van der Waals surface area contributed by atoms with Crippen molar-refractivity contribution in [3.8, 4) is 0 Å². The maximum atomic E-state index is 10.7. The number of benzene rings is 2. The number of aldehydes is 1. The molecule has 2 aromatic rings.